The maximum Gasteiger partial charge on any atom is 0.252 e. The fraction of sp³-hybridized carbons (Fsp3) is 0.350. The second kappa shape index (κ2) is 8.32. The first kappa shape index (κ1) is 17.0. The number of nitrogens with one attached hydrogen (secondary N) is 1. The summed E-state index contributed by atoms with van der Waals surface area (Å²) in [7, 11) is 0. The Hall–Kier alpha value is -1.84. The van der Waals surface area contributed by atoms with E-state index in [1.165, 1.54) is 5.56 Å². The molecular formula is C20H23ClN2O. The smallest absolute Gasteiger partial charge is 0.252 e. The summed E-state index contributed by atoms with van der Waals surface area (Å²) < 4.78 is 0. The summed E-state index contributed by atoms with van der Waals surface area (Å²) in [5.41, 5.74) is 1.92. The average Bonchev–Trinajstić information content (AvgIpc) is 2.62. The summed E-state index contributed by atoms with van der Waals surface area (Å²) in [5, 5.41) is 3.54. The highest BCUT2D eigenvalue weighted by molar-refractivity contribution is 6.33. The van der Waals surface area contributed by atoms with Crippen LogP contribution in [0.2, 0.25) is 5.02 Å². The second-order valence-electron chi connectivity index (χ2n) is 6.39. The number of halogens is 1. The van der Waals surface area contributed by atoms with E-state index in [0.29, 0.717) is 16.5 Å². The maximum absolute atomic E-state index is 12.2. The van der Waals surface area contributed by atoms with Crippen LogP contribution in [-0.4, -0.2) is 30.4 Å². The van der Waals surface area contributed by atoms with Crippen molar-refractivity contribution in [3.05, 3.63) is 70.7 Å². The van der Waals surface area contributed by atoms with Crippen LogP contribution in [-0.2, 0) is 6.54 Å². The molecule has 0 bridgehead atoms. The first-order valence-corrected chi connectivity index (χ1v) is 8.89. The van der Waals surface area contributed by atoms with Crippen LogP contribution in [0, 0.1) is 5.92 Å². The van der Waals surface area contributed by atoms with Crippen molar-refractivity contribution in [2.24, 2.45) is 5.92 Å². The van der Waals surface area contributed by atoms with Crippen molar-refractivity contribution in [3.63, 3.8) is 0 Å². The Bertz CT molecular complexity index is 666. The van der Waals surface area contributed by atoms with Gasteiger partial charge in [0.2, 0.25) is 0 Å². The predicted molar refractivity (Wildman–Crippen MR) is 98.2 cm³/mol. The Labute approximate surface area is 148 Å². The highest BCUT2D eigenvalue weighted by Crippen LogP contribution is 2.19. The van der Waals surface area contributed by atoms with Gasteiger partial charge in [-0.2, -0.15) is 0 Å². The van der Waals surface area contributed by atoms with E-state index in [2.05, 4.69) is 40.5 Å². The summed E-state index contributed by atoms with van der Waals surface area (Å²) in [6, 6.07) is 17.8. The highest BCUT2D eigenvalue weighted by Gasteiger charge is 2.20. The average molecular weight is 343 g/mol. The van der Waals surface area contributed by atoms with Gasteiger partial charge in [-0.05, 0) is 49.5 Å². The summed E-state index contributed by atoms with van der Waals surface area (Å²) in [6.45, 7) is 3.91. The third kappa shape index (κ3) is 4.59. The van der Waals surface area contributed by atoms with E-state index in [-0.39, 0.29) is 5.91 Å². The number of rotatable bonds is 5. The van der Waals surface area contributed by atoms with Crippen molar-refractivity contribution in [1.82, 2.24) is 10.2 Å². The molecule has 1 N–H and O–H groups in total. The van der Waals surface area contributed by atoms with Gasteiger partial charge in [0.1, 0.15) is 0 Å². The highest BCUT2D eigenvalue weighted by atomic mass is 35.5. The Morgan fingerprint density at radius 2 is 1.71 bits per heavy atom. The van der Waals surface area contributed by atoms with E-state index in [9.17, 15) is 4.79 Å². The van der Waals surface area contributed by atoms with Gasteiger partial charge in [-0.1, -0.05) is 54.1 Å². The zero-order valence-electron chi connectivity index (χ0n) is 13.7. The molecule has 2 aromatic rings. The number of hydrogen-bond acceptors (Lipinski definition) is 2. The van der Waals surface area contributed by atoms with E-state index in [0.717, 1.165) is 39.0 Å². The van der Waals surface area contributed by atoms with Crippen LogP contribution < -0.4 is 5.32 Å². The minimum Gasteiger partial charge on any atom is -0.352 e. The largest absolute Gasteiger partial charge is 0.352 e. The van der Waals surface area contributed by atoms with E-state index in [1.54, 1.807) is 12.1 Å². The molecule has 0 aromatic heterocycles. The van der Waals surface area contributed by atoms with Gasteiger partial charge in [-0.25, -0.2) is 0 Å². The molecule has 1 aliphatic rings. The number of nitrogens with zero attached hydrogens (tertiary/aromatic N) is 1. The van der Waals surface area contributed by atoms with Gasteiger partial charge in [0, 0.05) is 13.1 Å². The van der Waals surface area contributed by atoms with Crippen LogP contribution >= 0.6 is 11.6 Å². The topological polar surface area (TPSA) is 32.3 Å². The maximum atomic E-state index is 12.2. The Kier molecular flexibility index (Phi) is 5.89. The molecule has 0 radical (unpaired) electrons. The molecule has 3 rings (SSSR count). The van der Waals surface area contributed by atoms with E-state index in [4.69, 9.17) is 11.6 Å². The lowest BCUT2D eigenvalue weighted by Crippen LogP contribution is -2.38. The van der Waals surface area contributed by atoms with Crippen molar-refractivity contribution in [1.29, 1.82) is 0 Å². The molecule has 1 aliphatic heterocycles. The SMILES string of the molecule is O=C(NCC1CCN(Cc2ccccc2)CC1)c1ccccc1Cl. The molecule has 1 saturated heterocycles. The van der Waals surface area contributed by atoms with Crippen molar-refractivity contribution < 1.29 is 4.79 Å². The minimum atomic E-state index is -0.0766. The zero-order chi connectivity index (χ0) is 16.8. The molecule has 4 heteroatoms. The van der Waals surface area contributed by atoms with E-state index in [1.807, 2.05) is 12.1 Å². The first-order valence-electron chi connectivity index (χ1n) is 8.51. The summed E-state index contributed by atoms with van der Waals surface area (Å²) in [6.07, 6.45) is 2.24. The molecule has 2 aromatic carbocycles. The Balaban J connectivity index is 1.43. The molecule has 0 saturated carbocycles. The lowest BCUT2D eigenvalue weighted by Gasteiger charge is -2.32. The first-order chi connectivity index (χ1) is 11.7. The minimum absolute atomic E-state index is 0.0766. The third-order valence-corrected chi connectivity index (χ3v) is 4.96. The van der Waals surface area contributed by atoms with Crippen molar-refractivity contribution in [2.75, 3.05) is 19.6 Å². The fourth-order valence-corrected chi connectivity index (χ4v) is 3.39. The summed E-state index contributed by atoms with van der Waals surface area (Å²) in [5.74, 6) is 0.468. The van der Waals surface area contributed by atoms with Crippen molar-refractivity contribution in [2.45, 2.75) is 19.4 Å². The quantitative estimate of drug-likeness (QED) is 0.891. The van der Waals surface area contributed by atoms with Crippen LogP contribution in [0.15, 0.2) is 54.6 Å². The normalized spacial score (nSPS) is 16.0. The molecule has 0 spiro atoms. The van der Waals surface area contributed by atoms with Crippen LogP contribution in [0.3, 0.4) is 0 Å². The second-order valence-corrected chi connectivity index (χ2v) is 6.80. The number of amides is 1. The molecule has 126 valence electrons. The molecule has 1 amide bonds. The van der Waals surface area contributed by atoms with Gasteiger partial charge in [0.05, 0.1) is 10.6 Å². The van der Waals surface area contributed by atoms with Crippen LogP contribution in [0.4, 0.5) is 0 Å². The number of carbonyl (C=O) groups is 1. The Morgan fingerprint density at radius 1 is 1.04 bits per heavy atom. The van der Waals surface area contributed by atoms with Crippen LogP contribution in [0.1, 0.15) is 28.8 Å². The summed E-state index contributed by atoms with van der Waals surface area (Å²) in [4.78, 5) is 14.7. The molecule has 0 unspecified atom stereocenters. The molecule has 24 heavy (non-hydrogen) atoms. The number of piperidine rings is 1. The van der Waals surface area contributed by atoms with Gasteiger partial charge >= 0.3 is 0 Å². The van der Waals surface area contributed by atoms with Gasteiger partial charge in [-0.15, -0.1) is 0 Å². The van der Waals surface area contributed by atoms with E-state index < -0.39 is 0 Å². The molecule has 1 fully saturated rings. The molecule has 0 aliphatic carbocycles. The molecule has 0 atom stereocenters. The predicted octanol–water partition coefficient (Wildman–Crippen LogP) is 3.98. The Morgan fingerprint density at radius 3 is 2.42 bits per heavy atom. The number of likely N-dealkylation sites (tertiary alicyclic amines) is 1. The number of benzene rings is 2. The van der Waals surface area contributed by atoms with Crippen molar-refractivity contribution in [3.8, 4) is 0 Å². The van der Waals surface area contributed by atoms with Crippen LogP contribution in [0.5, 0.6) is 0 Å². The van der Waals surface area contributed by atoms with Crippen molar-refractivity contribution >= 4 is 17.5 Å². The lowest BCUT2D eigenvalue weighted by molar-refractivity contribution is 0.0935. The summed E-state index contributed by atoms with van der Waals surface area (Å²) >= 11 is 6.07. The molecular weight excluding hydrogens is 320 g/mol. The van der Waals surface area contributed by atoms with Gasteiger partial charge < -0.3 is 5.32 Å². The van der Waals surface area contributed by atoms with Crippen LogP contribution in [0.25, 0.3) is 0 Å². The van der Waals surface area contributed by atoms with E-state index >= 15 is 0 Å². The third-order valence-electron chi connectivity index (χ3n) is 4.63. The monoisotopic (exact) mass is 342 g/mol. The fourth-order valence-electron chi connectivity index (χ4n) is 3.17. The lowest BCUT2D eigenvalue weighted by atomic mass is 9.96. The molecule has 1 heterocycles. The van der Waals surface area contributed by atoms with Gasteiger partial charge in [0.15, 0.2) is 0 Å². The number of hydrogen-bond donors (Lipinski definition) is 1. The molecule has 3 nitrogen and oxygen atoms in total. The standard InChI is InChI=1S/C20H23ClN2O/c21-19-9-5-4-8-18(19)20(24)22-14-16-10-12-23(13-11-16)15-17-6-2-1-3-7-17/h1-9,16H,10-15H2,(H,22,24). The van der Waals surface area contributed by atoms with Gasteiger partial charge in [0.25, 0.3) is 5.91 Å². The number of carbonyl (C=O) groups excluding carboxylic acids is 1. The zero-order valence-corrected chi connectivity index (χ0v) is 14.5. The van der Waals surface area contributed by atoms with Gasteiger partial charge in [-0.3, -0.25) is 9.69 Å².